The lowest BCUT2D eigenvalue weighted by molar-refractivity contribution is -0.113. The third-order valence-corrected chi connectivity index (χ3v) is 2.43. The molecule has 4 nitrogen and oxygen atoms in total. The molecule has 17 heavy (non-hydrogen) atoms. The molecule has 0 saturated carbocycles. The fourth-order valence-corrected chi connectivity index (χ4v) is 1.29. The van der Waals surface area contributed by atoms with Crippen molar-refractivity contribution in [2.75, 3.05) is 0 Å². The van der Waals surface area contributed by atoms with E-state index in [-0.39, 0.29) is 17.2 Å². The first-order chi connectivity index (χ1) is 7.91. The molecule has 0 aromatic heterocycles. The number of aliphatic hydroxyl groups excluding tert-OH is 1. The molecule has 0 radical (unpaired) electrons. The van der Waals surface area contributed by atoms with Gasteiger partial charge in [-0.1, -0.05) is 6.07 Å². The summed E-state index contributed by atoms with van der Waals surface area (Å²) >= 11 is 0. The second-order valence-corrected chi connectivity index (χ2v) is 3.96. The predicted molar refractivity (Wildman–Crippen MR) is 66.4 cm³/mol. The molecule has 0 spiro atoms. The summed E-state index contributed by atoms with van der Waals surface area (Å²) in [5.41, 5.74) is 2.93. The normalized spacial score (nSPS) is 12.7. The largest absolute Gasteiger partial charge is 0.510 e. The molecule has 0 aliphatic carbocycles. The van der Waals surface area contributed by atoms with E-state index < -0.39 is 0 Å². The van der Waals surface area contributed by atoms with Crippen LogP contribution >= 0.6 is 0 Å². The van der Waals surface area contributed by atoms with Gasteiger partial charge in [0.2, 0.25) is 0 Å². The number of hydrogen-bond donors (Lipinski definition) is 1. The van der Waals surface area contributed by atoms with Gasteiger partial charge in [0.05, 0.1) is 5.69 Å². The molecule has 0 amide bonds. The maximum atomic E-state index is 11.2. The molecular weight excluding hydrogens is 216 g/mol. The minimum atomic E-state index is -0.308. The minimum Gasteiger partial charge on any atom is -0.510 e. The third-order valence-electron chi connectivity index (χ3n) is 2.43. The van der Waals surface area contributed by atoms with E-state index in [4.69, 9.17) is 0 Å². The van der Waals surface area contributed by atoms with Crippen molar-refractivity contribution in [3.63, 3.8) is 0 Å². The number of rotatable bonds is 3. The summed E-state index contributed by atoms with van der Waals surface area (Å²) in [5, 5.41) is 17.0. The van der Waals surface area contributed by atoms with Crippen LogP contribution in [0.25, 0.3) is 0 Å². The zero-order chi connectivity index (χ0) is 13.0. The molecule has 0 aliphatic rings. The van der Waals surface area contributed by atoms with Gasteiger partial charge < -0.3 is 5.11 Å². The molecule has 0 bridgehead atoms. The van der Waals surface area contributed by atoms with E-state index >= 15 is 0 Å². The Balaban J connectivity index is 3.01. The van der Waals surface area contributed by atoms with Gasteiger partial charge in [-0.15, -0.1) is 5.11 Å². The van der Waals surface area contributed by atoms with Crippen molar-refractivity contribution in [1.82, 2.24) is 0 Å². The number of benzene rings is 1. The van der Waals surface area contributed by atoms with Crippen LogP contribution in [0.3, 0.4) is 0 Å². The lowest BCUT2D eigenvalue weighted by atomic mass is 10.1. The summed E-state index contributed by atoms with van der Waals surface area (Å²) < 4.78 is 0. The first kappa shape index (κ1) is 13.1. The van der Waals surface area contributed by atoms with Gasteiger partial charge in [-0.05, 0) is 44.0 Å². The van der Waals surface area contributed by atoms with Gasteiger partial charge >= 0.3 is 0 Å². The zero-order valence-corrected chi connectivity index (χ0v) is 10.5. The summed E-state index contributed by atoms with van der Waals surface area (Å²) in [4.78, 5) is 11.2. The van der Waals surface area contributed by atoms with E-state index in [1.807, 2.05) is 32.0 Å². The van der Waals surface area contributed by atoms with Crippen LogP contribution in [0.5, 0.6) is 0 Å². The van der Waals surface area contributed by atoms with Crippen LogP contribution in [0.1, 0.15) is 25.0 Å². The van der Waals surface area contributed by atoms with E-state index in [0.29, 0.717) is 5.69 Å². The van der Waals surface area contributed by atoms with Gasteiger partial charge in [0.25, 0.3) is 0 Å². The van der Waals surface area contributed by atoms with Crippen LogP contribution in [0.2, 0.25) is 0 Å². The molecular formula is C13H16N2O2. The maximum absolute atomic E-state index is 11.2. The molecule has 0 atom stereocenters. The third kappa shape index (κ3) is 3.52. The summed E-state index contributed by atoms with van der Waals surface area (Å²) in [6.07, 6.45) is 0. The minimum absolute atomic E-state index is 0.0109. The number of azo groups is 1. The first-order valence-electron chi connectivity index (χ1n) is 5.31. The number of aryl methyl sites for hydroxylation is 2. The van der Waals surface area contributed by atoms with Crippen LogP contribution in [-0.4, -0.2) is 10.9 Å². The summed E-state index contributed by atoms with van der Waals surface area (Å²) in [5.74, 6) is -0.428. The van der Waals surface area contributed by atoms with Gasteiger partial charge in [0.1, 0.15) is 5.76 Å². The Labute approximate surface area is 101 Å². The SMILES string of the molecule is CC(=O)/C(N=Nc1ccc(C)c(C)c1)=C(/C)O. The quantitative estimate of drug-likeness (QED) is 0.490. The molecule has 1 aromatic carbocycles. The van der Waals surface area contributed by atoms with E-state index in [1.165, 1.54) is 19.4 Å². The Morgan fingerprint density at radius 2 is 1.82 bits per heavy atom. The fraction of sp³-hybridized carbons (Fsp3) is 0.308. The summed E-state index contributed by atoms with van der Waals surface area (Å²) in [6.45, 7) is 6.74. The van der Waals surface area contributed by atoms with E-state index in [1.54, 1.807) is 0 Å². The van der Waals surface area contributed by atoms with Gasteiger partial charge in [0, 0.05) is 6.92 Å². The van der Waals surface area contributed by atoms with Crippen LogP contribution in [0.4, 0.5) is 5.69 Å². The van der Waals surface area contributed by atoms with Crippen molar-refractivity contribution in [1.29, 1.82) is 0 Å². The van der Waals surface area contributed by atoms with Crippen LogP contribution in [-0.2, 0) is 4.79 Å². The Kier molecular flexibility index (Phi) is 4.15. The van der Waals surface area contributed by atoms with Gasteiger partial charge in [-0.3, -0.25) is 4.79 Å². The number of allylic oxidation sites excluding steroid dienone is 2. The van der Waals surface area contributed by atoms with Crippen molar-refractivity contribution >= 4 is 11.5 Å². The highest BCUT2D eigenvalue weighted by molar-refractivity contribution is 5.93. The lowest BCUT2D eigenvalue weighted by Gasteiger charge is -2.00. The number of hydrogen-bond acceptors (Lipinski definition) is 4. The molecule has 1 N–H and O–H groups in total. The molecule has 1 rings (SSSR count). The number of Topliss-reactive ketones (excluding diaryl/α,β-unsaturated/α-hetero) is 1. The Hall–Kier alpha value is -1.97. The molecule has 1 aromatic rings. The number of carbonyl (C=O) groups is 1. The van der Waals surface area contributed by atoms with Crippen LogP contribution in [0.15, 0.2) is 39.9 Å². The number of nitrogens with zero attached hydrogens (tertiary/aromatic N) is 2. The van der Waals surface area contributed by atoms with Crippen molar-refractivity contribution < 1.29 is 9.90 Å². The summed E-state index contributed by atoms with van der Waals surface area (Å²) in [6, 6.07) is 5.63. The average molecular weight is 232 g/mol. The second kappa shape index (κ2) is 5.39. The predicted octanol–water partition coefficient (Wildman–Crippen LogP) is 3.77. The molecule has 0 saturated heterocycles. The molecule has 0 fully saturated rings. The highest BCUT2D eigenvalue weighted by Crippen LogP contribution is 2.19. The standard InChI is InChI=1S/C13H16N2O2/c1-8-5-6-12(7-9(8)2)14-15-13(10(3)16)11(4)17/h5-7,16H,1-4H3/b13-10+,15-14?. The zero-order valence-electron chi connectivity index (χ0n) is 10.5. The van der Waals surface area contributed by atoms with Crippen LogP contribution < -0.4 is 0 Å². The highest BCUT2D eigenvalue weighted by atomic mass is 16.3. The number of aliphatic hydroxyl groups is 1. The van der Waals surface area contributed by atoms with E-state index in [0.717, 1.165) is 5.56 Å². The van der Waals surface area contributed by atoms with Crippen molar-refractivity contribution in [2.24, 2.45) is 10.2 Å². The van der Waals surface area contributed by atoms with Gasteiger partial charge in [-0.25, -0.2) is 0 Å². The maximum Gasteiger partial charge on any atom is 0.183 e. The second-order valence-electron chi connectivity index (χ2n) is 3.96. The van der Waals surface area contributed by atoms with E-state index in [2.05, 4.69) is 10.2 Å². The van der Waals surface area contributed by atoms with Crippen molar-refractivity contribution in [3.8, 4) is 0 Å². The lowest BCUT2D eigenvalue weighted by Crippen LogP contribution is -1.96. The first-order valence-corrected chi connectivity index (χ1v) is 5.31. The smallest absolute Gasteiger partial charge is 0.183 e. The van der Waals surface area contributed by atoms with Crippen molar-refractivity contribution in [3.05, 3.63) is 40.8 Å². The average Bonchev–Trinajstić information content (AvgIpc) is 2.22. The number of ketones is 1. The van der Waals surface area contributed by atoms with E-state index in [9.17, 15) is 9.90 Å². The Morgan fingerprint density at radius 1 is 1.18 bits per heavy atom. The fourth-order valence-electron chi connectivity index (χ4n) is 1.29. The Bertz CT molecular complexity index is 498. The molecule has 0 heterocycles. The molecule has 0 aliphatic heterocycles. The van der Waals surface area contributed by atoms with Crippen molar-refractivity contribution in [2.45, 2.75) is 27.7 Å². The summed E-state index contributed by atoms with van der Waals surface area (Å²) in [7, 11) is 0. The highest BCUT2D eigenvalue weighted by Gasteiger charge is 2.06. The van der Waals surface area contributed by atoms with Gasteiger partial charge in [0.15, 0.2) is 11.5 Å². The number of carbonyl (C=O) groups excluding carboxylic acids is 1. The molecule has 90 valence electrons. The molecule has 4 heteroatoms. The monoisotopic (exact) mass is 232 g/mol. The van der Waals surface area contributed by atoms with Gasteiger partial charge in [-0.2, -0.15) is 5.11 Å². The topological polar surface area (TPSA) is 62.0 Å². The van der Waals surface area contributed by atoms with Crippen LogP contribution in [0, 0.1) is 13.8 Å². The molecule has 0 unspecified atom stereocenters. The Morgan fingerprint density at radius 3 is 2.29 bits per heavy atom.